The van der Waals surface area contributed by atoms with Crippen LogP contribution in [0.25, 0.3) is 0 Å². The van der Waals surface area contributed by atoms with Gasteiger partial charge in [-0.1, -0.05) is 18.2 Å². The average molecular weight is 402 g/mol. The number of benzene rings is 1. The predicted octanol–water partition coefficient (Wildman–Crippen LogP) is 3.88. The van der Waals surface area contributed by atoms with E-state index in [1.807, 2.05) is 30.2 Å². The zero-order chi connectivity index (χ0) is 20.8. The van der Waals surface area contributed by atoms with Gasteiger partial charge in [0.1, 0.15) is 11.4 Å². The molecule has 0 radical (unpaired) electrons. The summed E-state index contributed by atoms with van der Waals surface area (Å²) in [5.41, 5.74) is 3.84. The lowest BCUT2D eigenvalue weighted by Crippen LogP contribution is -2.39. The third-order valence-corrected chi connectivity index (χ3v) is 5.40. The number of piperidine rings is 1. The second-order valence-corrected chi connectivity index (χ2v) is 7.53. The molecule has 3 heterocycles. The van der Waals surface area contributed by atoms with Crippen LogP contribution in [0.2, 0.25) is 0 Å². The van der Waals surface area contributed by atoms with Crippen molar-refractivity contribution in [3.63, 3.8) is 0 Å². The molecule has 1 fully saturated rings. The number of likely N-dealkylation sites (tertiary alicyclic amines) is 1. The van der Waals surface area contributed by atoms with Crippen molar-refractivity contribution in [2.75, 3.05) is 19.7 Å². The highest BCUT2D eigenvalue weighted by molar-refractivity contribution is 5.92. The van der Waals surface area contributed by atoms with Gasteiger partial charge in [0.25, 0.3) is 5.91 Å². The molecule has 0 saturated carbocycles. The number of aromatic nitrogens is 3. The third kappa shape index (κ3) is 4.82. The number of pyridine rings is 1. The summed E-state index contributed by atoms with van der Waals surface area (Å²) in [6.07, 6.45) is 9.45. The monoisotopic (exact) mass is 402 g/mol. The average Bonchev–Trinajstić information content (AvgIpc) is 2.81. The van der Waals surface area contributed by atoms with Gasteiger partial charge in [-0.15, -0.1) is 0 Å². The van der Waals surface area contributed by atoms with Crippen molar-refractivity contribution in [1.29, 1.82) is 0 Å². The maximum Gasteiger partial charge on any atom is 0.274 e. The molecule has 6 heteroatoms. The molecule has 6 nitrogen and oxygen atoms in total. The quantitative estimate of drug-likeness (QED) is 0.626. The number of rotatable bonds is 6. The molecule has 2 aromatic heterocycles. The fourth-order valence-corrected chi connectivity index (χ4v) is 3.86. The Balaban J connectivity index is 1.39. The van der Waals surface area contributed by atoms with E-state index in [1.54, 1.807) is 12.4 Å². The Bertz CT molecular complexity index is 959. The van der Waals surface area contributed by atoms with E-state index in [1.165, 1.54) is 17.3 Å². The van der Waals surface area contributed by atoms with Crippen LogP contribution in [0, 0.1) is 0 Å². The highest BCUT2D eigenvalue weighted by atomic mass is 16.5. The van der Waals surface area contributed by atoms with Gasteiger partial charge in [0, 0.05) is 43.3 Å². The largest absolute Gasteiger partial charge is 0.494 e. The number of hydrogen-bond acceptors (Lipinski definition) is 5. The first-order valence-electron chi connectivity index (χ1n) is 10.4. The molecule has 3 aromatic rings. The zero-order valence-corrected chi connectivity index (χ0v) is 17.2. The van der Waals surface area contributed by atoms with Crippen molar-refractivity contribution in [3.8, 4) is 5.75 Å². The van der Waals surface area contributed by atoms with Crippen LogP contribution in [-0.2, 0) is 6.42 Å². The molecule has 0 bridgehead atoms. The van der Waals surface area contributed by atoms with Gasteiger partial charge in [0.2, 0.25) is 0 Å². The third-order valence-electron chi connectivity index (χ3n) is 5.40. The number of nitrogens with zero attached hydrogens (tertiary/aromatic N) is 4. The molecular weight excluding hydrogens is 376 g/mol. The van der Waals surface area contributed by atoms with Gasteiger partial charge in [-0.05, 0) is 55.5 Å². The lowest BCUT2D eigenvalue weighted by molar-refractivity contribution is 0.0699. The summed E-state index contributed by atoms with van der Waals surface area (Å²) < 4.78 is 5.50. The normalized spacial score (nSPS) is 16.3. The summed E-state index contributed by atoms with van der Waals surface area (Å²) in [7, 11) is 0. The van der Waals surface area contributed by atoms with Gasteiger partial charge < -0.3 is 9.64 Å². The molecule has 0 N–H and O–H groups in total. The van der Waals surface area contributed by atoms with Gasteiger partial charge in [-0.2, -0.15) is 0 Å². The van der Waals surface area contributed by atoms with Crippen LogP contribution < -0.4 is 4.74 Å². The minimum atomic E-state index is -0.0556. The van der Waals surface area contributed by atoms with Crippen molar-refractivity contribution < 1.29 is 9.53 Å². The van der Waals surface area contributed by atoms with Gasteiger partial charge >= 0.3 is 0 Å². The fourth-order valence-electron chi connectivity index (χ4n) is 3.86. The second kappa shape index (κ2) is 9.48. The van der Waals surface area contributed by atoms with E-state index >= 15 is 0 Å². The Morgan fingerprint density at radius 2 is 1.90 bits per heavy atom. The Morgan fingerprint density at radius 1 is 1.07 bits per heavy atom. The second-order valence-electron chi connectivity index (χ2n) is 7.53. The maximum atomic E-state index is 12.7. The number of amides is 1. The van der Waals surface area contributed by atoms with E-state index in [4.69, 9.17) is 9.72 Å². The standard InChI is InChI=1S/C24H26N4O2/c1-2-30-21-8-5-18(6-9-21)14-19-7-10-22(27-15-19)20-4-3-13-28(17-20)24(29)23-16-25-11-12-26-23/h5-12,15-16,20H,2-4,13-14,17H2,1H3/t20-/m0/s1. The number of carbonyl (C=O) groups is 1. The Kier molecular flexibility index (Phi) is 6.32. The molecule has 4 rings (SSSR count). The van der Waals surface area contributed by atoms with Gasteiger partial charge in [-0.25, -0.2) is 4.98 Å². The summed E-state index contributed by atoms with van der Waals surface area (Å²) >= 11 is 0. The predicted molar refractivity (Wildman–Crippen MR) is 115 cm³/mol. The van der Waals surface area contributed by atoms with Crippen LogP contribution in [0.15, 0.2) is 61.2 Å². The van der Waals surface area contributed by atoms with Crippen LogP contribution in [0.5, 0.6) is 5.75 Å². The summed E-state index contributed by atoms with van der Waals surface area (Å²) in [5.74, 6) is 1.09. The van der Waals surface area contributed by atoms with Gasteiger partial charge in [0.15, 0.2) is 0 Å². The molecule has 0 unspecified atom stereocenters. The van der Waals surface area contributed by atoms with E-state index in [9.17, 15) is 4.79 Å². The van der Waals surface area contributed by atoms with Gasteiger partial charge in [0.05, 0.1) is 12.8 Å². The first-order chi connectivity index (χ1) is 14.7. The fraction of sp³-hybridized carbons (Fsp3) is 0.333. The van der Waals surface area contributed by atoms with Gasteiger partial charge in [-0.3, -0.25) is 14.8 Å². The molecule has 1 aliphatic heterocycles. The summed E-state index contributed by atoms with van der Waals surface area (Å²) in [5, 5.41) is 0. The summed E-state index contributed by atoms with van der Waals surface area (Å²) in [4.78, 5) is 27.4. The molecular formula is C24H26N4O2. The van der Waals surface area contributed by atoms with Crippen LogP contribution in [0.4, 0.5) is 0 Å². The minimum absolute atomic E-state index is 0.0556. The Morgan fingerprint density at radius 3 is 2.60 bits per heavy atom. The van der Waals surface area contributed by atoms with Crippen LogP contribution in [0.1, 0.15) is 53.0 Å². The molecule has 0 aliphatic carbocycles. The van der Waals surface area contributed by atoms with E-state index in [2.05, 4.69) is 34.2 Å². The molecule has 154 valence electrons. The number of carbonyl (C=O) groups excluding carboxylic acids is 1. The highest BCUT2D eigenvalue weighted by Gasteiger charge is 2.26. The topological polar surface area (TPSA) is 68.2 Å². The van der Waals surface area contributed by atoms with E-state index in [0.29, 0.717) is 18.8 Å². The Hall–Kier alpha value is -3.28. The Labute approximate surface area is 177 Å². The van der Waals surface area contributed by atoms with Crippen LogP contribution in [0.3, 0.4) is 0 Å². The van der Waals surface area contributed by atoms with Crippen molar-refractivity contribution in [3.05, 3.63) is 83.7 Å². The van der Waals surface area contributed by atoms with E-state index in [0.717, 1.165) is 37.3 Å². The molecule has 30 heavy (non-hydrogen) atoms. The number of hydrogen-bond donors (Lipinski definition) is 0. The van der Waals surface area contributed by atoms with Crippen LogP contribution >= 0.6 is 0 Å². The molecule has 1 saturated heterocycles. The molecule has 0 spiro atoms. The maximum absolute atomic E-state index is 12.7. The van der Waals surface area contributed by atoms with E-state index in [-0.39, 0.29) is 11.8 Å². The molecule has 1 amide bonds. The van der Waals surface area contributed by atoms with Crippen molar-refractivity contribution in [2.24, 2.45) is 0 Å². The summed E-state index contributed by atoms with van der Waals surface area (Å²) in [6, 6.07) is 12.4. The lowest BCUT2D eigenvalue weighted by Gasteiger charge is -2.32. The lowest BCUT2D eigenvalue weighted by atomic mass is 9.93. The first-order valence-corrected chi connectivity index (χ1v) is 10.4. The zero-order valence-electron chi connectivity index (χ0n) is 17.2. The van der Waals surface area contributed by atoms with Crippen LogP contribution in [-0.4, -0.2) is 45.5 Å². The molecule has 1 aliphatic rings. The van der Waals surface area contributed by atoms with Crippen molar-refractivity contribution >= 4 is 5.91 Å². The first kappa shape index (κ1) is 20.0. The molecule has 1 aromatic carbocycles. The van der Waals surface area contributed by atoms with E-state index < -0.39 is 0 Å². The highest BCUT2D eigenvalue weighted by Crippen LogP contribution is 2.26. The van der Waals surface area contributed by atoms with Crippen molar-refractivity contribution in [1.82, 2.24) is 19.9 Å². The molecule has 1 atom stereocenters. The summed E-state index contributed by atoms with van der Waals surface area (Å²) in [6.45, 7) is 4.08. The minimum Gasteiger partial charge on any atom is -0.494 e. The smallest absolute Gasteiger partial charge is 0.274 e. The SMILES string of the molecule is CCOc1ccc(Cc2ccc([C@H]3CCCN(C(=O)c4cnccn4)C3)nc2)cc1. The number of ether oxygens (including phenoxy) is 1. The van der Waals surface area contributed by atoms with Crippen molar-refractivity contribution in [2.45, 2.75) is 32.1 Å².